The fourth-order valence-electron chi connectivity index (χ4n) is 3.24. The number of hydroxylamine groups is 2. The van der Waals surface area contributed by atoms with Crippen LogP contribution in [0.5, 0.6) is 11.5 Å². The summed E-state index contributed by atoms with van der Waals surface area (Å²) in [5.41, 5.74) is 4.33. The van der Waals surface area contributed by atoms with E-state index in [0.29, 0.717) is 6.54 Å². The van der Waals surface area contributed by atoms with Crippen molar-refractivity contribution in [2.24, 2.45) is 0 Å². The lowest BCUT2D eigenvalue weighted by Crippen LogP contribution is -2.14. The van der Waals surface area contributed by atoms with E-state index in [1.165, 1.54) is 0 Å². The molecule has 28 heavy (non-hydrogen) atoms. The standard InChI is InChI=1S/C19H16N4O3.C2H6/c1-12-20-16-4-3-15(13-6-8-22(24)9-7-13)21-19(16)23(12)14-2-5-17-18(10-14)26-11-25-17;1-2/h2-8,10,24H,9,11H2,1H3;1-2H3. The highest BCUT2D eigenvalue weighted by atomic mass is 16.7. The fourth-order valence-corrected chi connectivity index (χ4v) is 3.24. The van der Waals surface area contributed by atoms with Gasteiger partial charge in [-0.05, 0) is 42.8 Å². The number of benzene rings is 1. The highest BCUT2D eigenvalue weighted by molar-refractivity contribution is 5.80. The largest absolute Gasteiger partial charge is 0.454 e. The monoisotopic (exact) mass is 378 g/mol. The van der Waals surface area contributed by atoms with E-state index in [9.17, 15) is 5.21 Å². The summed E-state index contributed by atoms with van der Waals surface area (Å²) in [4.78, 5) is 9.45. The molecule has 2 aliphatic rings. The average Bonchev–Trinajstić information content (AvgIpc) is 3.32. The average molecular weight is 378 g/mol. The summed E-state index contributed by atoms with van der Waals surface area (Å²) >= 11 is 0. The van der Waals surface area contributed by atoms with Gasteiger partial charge in [-0.1, -0.05) is 19.9 Å². The molecular weight excluding hydrogens is 356 g/mol. The van der Waals surface area contributed by atoms with Gasteiger partial charge in [0.2, 0.25) is 6.79 Å². The third-order valence-corrected chi connectivity index (χ3v) is 4.51. The van der Waals surface area contributed by atoms with Gasteiger partial charge in [-0.15, -0.1) is 0 Å². The van der Waals surface area contributed by atoms with Crippen molar-refractivity contribution in [1.29, 1.82) is 0 Å². The fraction of sp³-hybridized carbons (Fsp3) is 0.238. The molecule has 5 rings (SSSR count). The van der Waals surface area contributed by atoms with Crippen LogP contribution in [-0.4, -0.2) is 38.1 Å². The predicted octanol–water partition coefficient (Wildman–Crippen LogP) is 4.09. The minimum atomic E-state index is 0.243. The van der Waals surface area contributed by atoms with Crippen molar-refractivity contribution in [1.82, 2.24) is 19.6 Å². The van der Waals surface area contributed by atoms with Crippen molar-refractivity contribution in [3.05, 3.63) is 60.2 Å². The molecule has 2 aliphatic heterocycles. The van der Waals surface area contributed by atoms with Crippen LogP contribution in [-0.2, 0) is 0 Å². The number of nitrogens with zero attached hydrogens (tertiary/aromatic N) is 4. The van der Waals surface area contributed by atoms with Gasteiger partial charge in [0.1, 0.15) is 11.3 Å². The Balaban J connectivity index is 0.000000932. The summed E-state index contributed by atoms with van der Waals surface area (Å²) in [6, 6.07) is 9.72. The molecule has 0 aliphatic carbocycles. The molecule has 144 valence electrons. The number of pyridine rings is 1. The Bertz CT molecular complexity index is 1080. The van der Waals surface area contributed by atoms with Crippen molar-refractivity contribution < 1.29 is 14.7 Å². The Morgan fingerprint density at radius 3 is 2.64 bits per heavy atom. The second-order valence-electron chi connectivity index (χ2n) is 6.17. The van der Waals surface area contributed by atoms with E-state index in [1.807, 2.05) is 67.8 Å². The van der Waals surface area contributed by atoms with Gasteiger partial charge in [0.05, 0.1) is 17.9 Å². The normalized spacial score (nSPS) is 14.7. The van der Waals surface area contributed by atoms with Gasteiger partial charge >= 0.3 is 0 Å². The lowest BCUT2D eigenvalue weighted by Gasteiger charge is -2.15. The van der Waals surface area contributed by atoms with Gasteiger partial charge in [0.25, 0.3) is 0 Å². The molecule has 0 radical (unpaired) electrons. The quantitative estimate of drug-likeness (QED) is 0.724. The molecule has 0 spiro atoms. The van der Waals surface area contributed by atoms with Crippen LogP contribution in [0.3, 0.4) is 0 Å². The van der Waals surface area contributed by atoms with Crippen LogP contribution in [0.25, 0.3) is 22.4 Å². The van der Waals surface area contributed by atoms with Gasteiger partial charge in [-0.2, -0.15) is 0 Å². The molecule has 1 aromatic carbocycles. The van der Waals surface area contributed by atoms with Gasteiger partial charge in [0, 0.05) is 12.3 Å². The van der Waals surface area contributed by atoms with Crippen molar-refractivity contribution in [2.45, 2.75) is 20.8 Å². The first kappa shape index (κ1) is 18.1. The summed E-state index contributed by atoms with van der Waals surface area (Å²) in [5, 5.41) is 10.6. The van der Waals surface area contributed by atoms with Crippen LogP contribution in [0.4, 0.5) is 0 Å². The maximum absolute atomic E-state index is 9.46. The lowest BCUT2D eigenvalue weighted by atomic mass is 10.1. The summed E-state index contributed by atoms with van der Waals surface area (Å²) in [6.45, 7) is 6.63. The van der Waals surface area contributed by atoms with Crippen LogP contribution < -0.4 is 9.47 Å². The highest BCUT2D eigenvalue weighted by Crippen LogP contribution is 2.35. The molecule has 4 heterocycles. The predicted molar refractivity (Wildman–Crippen MR) is 107 cm³/mol. The molecule has 2 aromatic heterocycles. The Kier molecular flexibility index (Phi) is 4.75. The zero-order valence-corrected chi connectivity index (χ0v) is 16.1. The molecule has 0 unspecified atom stereocenters. The minimum absolute atomic E-state index is 0.243. The number of rotatable bonds is 2. The first-order valence-electron chi connectivity index (χ1n) is 9.29. The van der Waals surface area contributed by atoms with E-state index in [4.69, 9.17) is 14.5 Å². The summed E-state index contributed by atoms with van der Waals surface area (Å²) in [6.07, 6.45) is 5.40. The number of allylic oxidation sites excluding steroid dienone is 2. The second kappa shape index (κ2) is 7.36. The maximum atomic E-state index is 9.46. The van der Waals surface area contributed by atoms with Gasteiger partial charge in [-0.25, -0.2) is 9.97 Å². The van der Waals surface area contributed by atoms with Crippen molar-refractivity contribution in [3.8, 4) is 17.2 Å². The number of aryl methyl sites for hydroxylation is 1. The van der Waals surface area contributed by atoms with Crippen molar-refractivity contribution in [2.75, 3.05) is 13.3 Å². The SMILES string of the molecule is CC.Cc1nc2ccc(C3=CCN(O)C=C3)nc2n1-c1ccc2c(c1)OCO2. The molecule has 7 heteroatoms. The van der Waals surface area contributed by atoms with E-state index in [0.717, 1.165) is 50.5 Å². The smallest absolute Gasteiger partial charge is 0.231 e. The Morgan fingerprint density at radius 1 is 1.04 bits per heavy atom. The van der Waals surface area contributed by atoms with Gasteiger partial charge < -0.3 is 9.47 Å². The van der Waals surface area contributed by atoms with Gasteiger partial charge in [-0.3, -0.25) is 14.8 Å². The summed E-state index contributed by atoms with van der Waals surface area (Å²) < 4.78 is 12.9. The molecule has 1 N–H and O–H groups in total. The van der Waals surface area contributed by atoms with Crippen LogP contribution in [0.15, 0.2) is 48.7 Å². The van der Waals surface area contributed by atoms with Gasteiger partial charge in [0.15, 0.2) is 17.1 Å². The van der Waals surface area contributed by atoms with Crippen LogP contribution >= 0.6 is 0 Å². The Hall–Kier alpha value is -3.32. The maximum Gasteiger partial charge on any atom is 0.231 e. The number of ether oxygens (including phenoxy) is 2. The third kappa shape index (κ3) is 3.10. The second-order valence-corrected chi connectivity index (χ2v) is 6.17. The Morgan fingerprint density at radius 2 is 1.86 bits per heavy atom. The van der Waals surface area contributed by atoms with E-state index in [2.05, 4.69) is 4.98 Å². The molecule has 0 saturated carbocycles. The molecular formula is C21H22N4O3. The number of fused-ring (bicyclic) bond motifs is 2. The van der Waals surface area contributed by atoms with Crippen LogP contribution in [0.1, 0.15) is 25.4 Å². The number of aromatic nitrogens is 3. The molecule has 0 fully saturated rings. The molecule has 7 nitrogen and oxygen atoms in total. The van der Waals surface area contributed by atoms with Crippen LogP contribution in [0, 0.1) is 6.92 Å². The van der Waals surface area contributed by atoms with E-state index >= 15 is 0 Å². The zero-order valence-electron chi connectivity index (χ0n) is 16.1. The van der Waals surface area contributed by atoms with Crippen molar-refractivity contribution >= 4 is 16.7 Å². The summed E-state index contributed by atoms with van der Waals surface area (Å²) in [7, 11) is 0. The number of hydrogen-bond acceptors (Lipinski definition) is 6. The van der Waals surface area contributed by atoms with Crippen LogP contribution in [0.2, 0.25) is 0 Å². The van der Waals surface area contributed by atoms with E-state index in [1.54, 1.807) is 6.20 Å². The van der Waals surface area contributed by atoms with E-state index in [-0.39, 0.29) is 6.79 Å². The Labute approximate surface area is 163 Å². The number of hydrogen-bond donors (Lipinski definition) is 1. The molecule has 0 atom stereocenters. The van der Waals surface area contributed by atoms with Crippen molar-refractivity contribution in [3.63, 3.8) is 0 Å². The summed E-state index contributed by atoms with van der Waals surface area (Å²) in [5.74, 6) is 2.31. The molecule has 0 saturated heterocycles. The minimum Gasteiger partial charge on any atom is -0.454 e. The number of imidazole rings is 1. The first-order chi connectivity index (χ1) is 13.7. The molecule has 0 bridgehead atoms. The first-order valence-corrected chi connectivity index (χ1v) is 9.29. The highest BCUT2D eigenvalue weighted by Gasteiger charge is 2.18. The topological polar surface area (TPSA) is 72.6 Å². The third-order valence-electron chi connectivity index (χ3n) is 4.51. The molecule has 3 aromatic rings. The zero-order chi connectivity index (χ0) is 19.7. The van der Waals surface area contributed by atoms with E-state index < -0.39 is 0 Å². The molecule has 0 amide bonds. The lowest BCUT2D eigenvalue weighted by molar-refractivity contribution is -0.0299.